The zero-order valence-electron chi connectivity index (χ0n) is 14.9. The zero-order valence-corrected chi connectivity index (χ0v) is 14.9. The third-order valence-corrected chi connectivity index (χ3v) is 5.38. The van der Waals surface area contributed by atoms with Gasteiger partial charge >= 0.3 is 0 Å². The molecule has 0 aromatic carbocycles. The molecule has 1 heterocycles. The monoisotopic (exact) mass is 295 g/mol. The van der Waals surface area contributed by atoms with Gasteiger partial charge in [0.15, 0.2) is 0 Å². The maximum atomic E-state index is 3.80. The molecule has 3 nitrogen and oxygen atoms in total. The number of hydrogen-bond donors (Lipinski definition) is 1. The summed E-state index contributed by atoms with van der Waals surface area (Å²) in [6.07, 6.45) is 7.15. The smallest absolute Gasteiger partial charge is 0.0110 e. The van der Waals surface area contributed by atoms with Crippen LogP contribution in [0.3, 0.4) is 0 Å². The molecule has 0 spiro atoms. The van der Waals surface area contributed by atoms with Gasteiger partial charge < -0.3 is 15.1 Å². The lowest BCUT2D eigenvalue weighted by atomic mass is 9.73. The lowest BCUT2D eigenvalue weighted by molar-refractivity contribution is 0.0597. The van der Waals surface area contributed by atoms with Crippen LogP contribution in [-0.2, 0) is 0 Å². The van der Waals surface area contributed by atoms with Gasteiger partial charge in [-0.05, 0) is 45.6 Å². The second kappa shape index (κ2) is 7.43. The molecule has 2 aliphatic rings. The summed E-state index contributed by atoms with van der Waals surface area (Å²) in [5.41, 5.74) is 0.769. The maximum Gasteiger partial charge on any atom is 0.0110 e. The van der Waals surface area contributed by atoms with Gasteiger partial charge in [0.1, 0.15) is 0 Å². The first kappa shape index (κ1) is 17.2. The van der Waals surface area contributed by atoms with Gasteiger partial charge in [-0.3, -0.25) is 0 Å². The van der Waals surface area contributed by atoms with Crippen molar-refractivity contribution in [3.05, 3.63) is 0 Å². The highest BCUT2D eigenvalue weighted by Gasteiger charge is 2.35. The van der Waals surface area contributed by atoms with Gasteiger partial charge in [0, 0.05) is 44.8 Å². The van der Waals surface area contributed by atoms with Gasteiger partial charge in [0.25, 0.3) is 0 Å². The first-order valence-electron chi connectivity index (χ1n) is 9.12. The molecule has 2 rings (SSSR count). The average molecular weight is 296 g/mol. The Hall–Kier alpha value is -0.120. The van der Waals surface area contributed by atoms with Crippen molar-refractivity contribution in [2.24, 2.45) is 5.41 Å². The van der Waals surface area contributed by atoms with Crippen molar-refractivity contribution >= 4 is 0 Å². The lowest BCUT2D eigenvalue weighted by Gasteiger charge is -2.45. The number of rotatable bonds is 5. The molecule has 0 aromatic heterocycles. The molecule has 0 radical (unpaired) electrons. The summed E-state index contributed by atoms with van der Waals surface area (Å²) in [4.78, 5) is 5.32. The molecule has 0 atom stereocenters. The van der Waals surface area contributed by atoms with E-state index in [9.17, 15) is 0 Å². The fourth-order valence-electron chi connectivity index (χ4n) is 3.88. The highest BCUT2D eigenvalue weighted by atomic mass is 15.3. The largest absolute Gasteiger partial charge is 0.311 e. The second-order valence-electron chi connectivity index (χ2n) is 8.37. The molecular formula is C18H37N3. The van der Waals surface area contributed by atoms with Crippen LogP contribution in [0.15, 0.2) is 0 Å². The van der Waals surface area contributed by atoms with Crippen molar-refractivity contribution < 1.29 is 0 Å². The highest BCUT2D eigenvalue weighted by Crippen LogP contribution is 2.37. The van der Waals surface area contributed by atoms with Crippen LogP contribution in [0.5, 0.6) is 0 Å². The molecule has 1 N–H and O–H groups in total. The van der Waals surface area contributed by atoms with Gasteiger partial charge in [-0.1, -0.05) is 26.2 Å². The summed E-state index contributed by atoms with van der Waals surface area (Å²) >= 11 is 0. The van der Waals surface area contributed by atoms with Crippen molar-refractivity contribution in [2.75, 3.05) is 45.8 Å². The summed E-state index contributed by atoms with van der Waals surface area (Å²) in [6, 6.07) is 0. The first-order valence-corrected chi connectivity index (χ1v) is 9.12. The number of hydrogen-bond acceptors (Lipinski definition) is 3. The second-order valence-corrected chi connectivity index (χ2v) is 8.37. The minimum Gasteiger partial charge on any atom is -0.311 e. The number of nitrogens with one attached hydrogen (secondary N) is 1. The maximum absolute atomic E-state index is 3.80. The van der Waals surface area contributed by atoms with E-state index in [1.807, 2.05) is 0 Å². The SMILES string of the molecule is CCN1CCN(CC2(CNC(C)(C)C)CCCCC2)CC1. The van der Waals surface area contributed by atoms with Gasteiger partial charge in [-0.2, -0.15) is 0 Å². The third kappa shape index (κ3) is 5.54. The highest BCUT2D eigenvalue weighted by molar-refractivity contribution is 4.91. The Bertz CT molecular complexity index is 294. The van der Waals surface area contributed by atoms with Crippen molar-refractivity contribution in [1.82, 2.24) is 15.1 Å². The van der Waals surface area contributed by atoms with Crippen LogP contribution in [0.1, 0.15) is 59.8 Å². The van der Waals surface area contributed by atoms with Crippen molar-refractivity contribution in [2.45, 2.75) is 65.3 Å². The molecular weight excluding hydrogens is 258 g/mol. The van der Waals surface area contributed by atoms with Crippen molar-refractivity contribution in [1.29, 1.82) is 0 Å². The van der Waals surface area contributed by atoms with Gasteiger partial charge in [0.2, 0.25) is 0 Å². The van der Waals surface area contributed by atoms with Crippen LogP contribution >= 0.6 is 0 Å². The van der Waals surface area contributed by atoms with E-state index in [-0.39, 0.29) is 5.54 Å². The molecule has 2 fully saturated rings. The van der Waals surface area contributed by atoms with Crippen LogP contribution in [0, 0.1) is 5.41 Å². The molecule has 1 aliphatic heterocycles. The topological polar surface area (TPSA) is 18.5 Å². The third-order valence-electron chi connectivity index (χ3n) is 5.38. The standard InChI is InChI=1S/C18H37N3/c1-5-20-11-13-21(14-12-20)16-18(9-7-6-8-10-18)15-19-17(2,3)4/h19H,5-16H2,1-4H3. The molecule has 3 heteroatoms. The van der Waals surface area contributed by atoms with Gasteiger partial charge in [-0.25, -0.2) is 0 Å². The van der Waals surface area contributed by atoms with Crippen LogP contribution in [0.4, 0.5) is 0 Å². The summed E-state index contributed by atoms with van der Waals surface area (Å²) in [7, 11) is 0. The molecule has 1 aliphatic carbocycles. The molecule has 1 saturated carbocycles. The lowest BCUT2D eigenvalue weighted by Crippen LogP contribution is -2.53. The molecule has 0 amide bonds. The van der Waals surface area contributed by atoms with Crippen molar-refractivity contribution in [3.63, 3.8) is 0 Å². The van der Waals surface area contributed by atoms with Crippen LogP contribution in [0.2, 0.25) is 0 Å². The van der Waals surface area contributed by atoms with E-state index >= 15 is 0 Å². The fourth-order valence-corrected chi connectivity index (χ4v) is 3.88. The Labute approximate surface area is 132 Å². The summed E-state index contributed by atoms with van der Waals surface area (Å²) in [5.74, 6) is 0. The summed E-state index contributed by atoms with van der Waals surface area (Å²) in [5, 5.41) is 3.80. The van der Waals surface area contributed by atoms with E-state index < -0.39 is 0 Å². The number of nitrogens with zero attached hydrogens (tertiary/aromatic N) is 2. The Kier molecular flexibility index (Phi) is 6.10. The zero-order chi connectivity index (χ0) is 15.3. The number of piperazine rings is 1. The Morgan fingerprint density at radius 1 is 0.905 bits per heavy atom. The molecule has 0 aromatic rings. The molecule has 0 unspecified atom stereocenters. The van der Waals surface area contributed by atoms with Crippen LogP contribution in [0.25, 0.3) is 0 Å². The Balaban J connectivity index is 1.90. The molecule has 0 bridgehead atoms. The van der Waals surface area contributed by atoms with Crippen LogP contribution < -0.4 is 5.32 Å². The Morgan fingerprint density at radius 2 is 1.48 bits per heavy atom. The predicted molar refractivity (Wildman–Crippen MR) is 91.8 cm³/mol. The number of likely N-dealkylation sites (N-methyl/N-ethyl adjacent to an activating group) is 1. The van der Waals surface area contributed by atoms with E-state index in [0.717, 1.165) is 0 Å². The normalized spacial score (nSPS) is 25.1. The minimum atomic E-state index is 0.241. The van der Waals surface area contributed by atoms with Gasteiger partial charge in [0.05, 0.1) is 0 Å². The predicted octanol–water partition coefficient (Wildman–Crippen LogP) is 2.96. The first-order chi connectivity index (χ1) is 9.92. The van der Waals surface area contributed by atoms with E-state index in [1.54, 1.807) is 0 Å². The van der Waals surface area contributed by atoms with E-state index in [2.05, 4.69) is 42.8 Å². The molecule has 21 heavy (non-hydrogen) atoms. The summed E-state index contributed by atoms with van der Waals surface area (Å²) in [6.45, 7) is 18.0. The van der Waals surface area contributed by atoms with E-state index in [4.69, 9.17) is 0 Å². The minimum absolute atomic E-state index is 0.241. The average Bonchev–Trinajstić information content (AvgIpc) is 2.46. The molecule has 1 saturated heterocycles. The molecule has 124 valence electrons. The van der Waals surface area contributed by atoms with E-state index in [1.165, 1.54) is 77.9 Å². The van der Waals surface area contributed by atoms with Gasteiger partial charge in [-0.15, -0.1) is 0 Å². The summed E-state index contributed by atoms with van der Waals surface area (Å²) < 4.78 is 0. The fraction of sp³-hybridized carbons (Fsp3) is 1.00. The van der Waals surface area contributed by atoms with E-state index in [0.29, 0.717) is 5.41 Å². The van der Waals surface area contributed by atoms with Crippen LogP contribution in [-0.4, -0.2) is 61.2 Å². The quantitative estimate of drug-likeness (QED) is 0.841. The van der Waals surface area contributed by atoms with Crippen molar-refractivity contribution in [3.8, 4) is 0 Å². The Morgan fingerprint density at radius 3 is 2.00 bits per heavy atom.